The summed E-state index contributed by atoms with van der Waals surface area (Å²) >= 11 is 1.76. The fraction of sp³-hybridized carbons (Fsp3) is 0.588. The molecule has 2 heterocycles. The number of thioether (sulfide) groups is 1. The second-order valence-corrected chi connectivity index (χ2v) is 7.69. The second kappa shape index (κ2) is 6.01. The van der Waals surface area contributed by atoms with E-state index in [1.54, 1.807) is 11.8 Å². The lowest BCUT2D eigenvalue weighted by Crippen LogP contribution is -2.47. The number of nitrogens with zero attached hydrogens (tertiary/aromatic N) is 2. The van der Waals surface area contributed by atoms with Crippen molar-refractivity contribution in [1.29, 1.82) is 0 Å². The van der Waals surface area contributed by atoms with Crippen molar-refractivity contribution in [3.05, 3.63) is 29.3 Å². The molecule has 0 bridgehead atoms. The van der Waals surface area contributed by atoms with E-state index in [9.17, 15) is 4.79 Å². The fourth-order valence-electron chi connectivity index (χ4n) is 3.28. The van der Waals surface area contributed by atoms with Gasteiger partial charge in [-0.25, -0.2) is 0 Å². The molecule has 0 saturated carbocycles. The molecule has 1 aromatic carbocycles. The van der Waals surface area contributed by atoms with Gasteiger partial charge in [-0.3, -0.25) is 4.79 Å². The molecule has 3 rings (SSSR count). The fourth-order valence-corrected chi connectivity index (χ4v) is 4.65. The highest BCUT2D eigenvalue weighted by Crippen LogP contribution is 2.38. The first-order valence-corrected chi connectivity index (χ1v) is 8.64. The van der Waals surface area contributed by atoms with Crippen molar-refractivity contribution in [3.8, 4) is 0 Å². The maximum atomic E-state index is 12.7. The number of fused-ring (bicyclic) bond motifs is 1. The number of likely N-dealkylation sites (tertiary alicyclic amines) is 1. The Balaban J connectivity index is 1.61. The Morgan fingerprint density at radius 1 is 1.29 bits per heavy atom. The van der Waals surface area contributed by atoms with Crippen molar-refractivity contribution in [2.45, 2.75) is 42.4 Å². The van der Waals surface area contributed by atoms with Crippen molar-refractivity contribution in [2.24, 2.45) is 0 Å². The number of amides is 1. The third-order valence-electron chi connectivity index (χ3n) is 4.68. The Hall–Kier alpha value is -1.00. The first-order valence-electron chi connectivity index (χ1n) is 7.76. The minimum atomic E-state index is 0.0951. The monoisotopic (exact) mass is 304 g/mol. The van der Waals surface area contributed by atoms with E-state index in [2.05, 4.69) is 49.0 Å². The summed E-state index contributed by atoms with van der Waals surface area (Å²) in [5, 5.41) is 0.0951. The van der Waals surface area contributed by atoms with Crippen LogP contribution in [0.5, 0.6) is 0 Å². The van der Waals surface area contributed by atoms with E-state index in [0.29, 0.717) is 11.9 Å². The molecule has 1 atom stereocenters. The molecule has 1 unspecified atom stereocenters. The molecule has 1 amide bonds. The predicted molar refractivity (Wildman–Crippen MR) is 87.8 cm³/mol. The first kappa shape index (κ1) is 14.9. The van der Waals surface area contributed by atoms with Gasteiger partial charge in [-0.05, 0) is 51.9 Å². The van der Waals surface area contributed by atoms with Gasteiger partial charge in [0.1, 0.15) is 0 Å². The molecule has 1 aromatic rings. The summed E-state index contributed by atoms with van der Waals surface area (Å²) in [6, 6.07) is 7.17. The van der Waals surface area contributed by atoms with Gasteiger partial charge in [-0.2, -0.15) is 0 Å². The highest BCUT2D eigenvalue weighted by molar-refractivity contribution is 8.01. The average Bonchev–Trinajstić information content (AvgIpc) is 2.89. The molecule has 21 heavy (non-hydrogen) atoms. The van der Waals surface area contributed by atoms with Gasteiger partial charge in [0.05, 0.1) is 5.25 Å². The van der Waals surface area contributed by atoms with E-state index in [4.69, 9.17) is 0 Å². The number of aryl methyl sites for hydroxylation is 1. The lowest BCUT2D eigenvalue weighted by atomic mass is 10.0. The molecule has 1 fully saturated rings. The highest BCUT2D eigenvalue weighted by Gasteiger charge is 2.33. The average molecular weight is 304 g/mol. The molecule has 0 radical (unpaired) electrons. The van der Waals surface area contributed by atoms with Gasteiger partial charge in [0, 0.05) is 24.0 Å². The lowest BCUT2D eigenvalue weighted by Gasteiger charge is -2.36. The van der Waals surface area contributed by atoms with Crippen LogP contribution >= 0.6 is 11.8 Å². The first-order chi connectivity index (χ1) is 10.0. The zero-order valence-electron chi connectivity index (χ0n) is 13.1. The Morgan fingerprint density at radius 2 is 2.00 bits per heavy atom. The van der Waals surface area contributed by atoms with Crippen LogP contribution in [0.4, 0.5) is 0 Å². The van der Waals surface area contributed by atoms with Crippen LogP contribution in [0.15, 0.2) is 23.1 Å². The molecule has 3 nitrogen and oxygen atoms in total. The standard InChI is InChI=1S/C17H24N2OS/c1-12-4-5-13-11-16(21-15(13)10-12)17(20)19-8-6-14(7-9-19)18(2)3/h4-5,10,14,16H,6-9,11H2,1-3H3. The van der Waals surface area contributed by atoms with E-state index >= 15 is 0 Å². The van der Waals surface area contributed by atoms with Crippen LogP contribution < -0.4 is 0 Å². The lowest BCUT2D eigenvalue weighted by molar-refractivity contribution is -0.132. The summed E-state index contributed by atoms with van der Waals surface area (Å²) < 4.78 is 0. The van der Waals surface area contributed by atoms with Gasteiger partial charge < -0.3 is 9.80 Å². The number of piperidine rings is 1. The third kappa shape index (κ3) is 3.11. The van der Waals surface area contributed by atoms with Crippen molar-refractivity contribution in [1.82, 2.24) is 9.80 Å². The van der Waals surface area contributed by atoms with Crippen molar-refractivity contribution < 1.29 is 4.79 Å². The summed E-state index contributed by atoms with van der Waals surface area (Å²) in [4.78, 5) is 18.4. The van der Waals surface area contributed by atoms with Crippen LogP contribution in [0.3, 0.4) is 0 Å². The van der Waals surface area contributed by atoms with Crippen LogP contribution in [0.1, 0.15) is 24.0 Å². The molecule has 4 heteroatoms. The van der Waals surface area contributed by atoms with E-state index in [1.807, 2.05) is 0 Å². The number of hydrogen-bond acceptors (Lipinski definition) is 3. The third-order valence-corrected chi connectivity index (χ3v) is 5.97. The number of benzene rings is 1. The van der Waals surface area contributed by atoms with Gasteiger partial charge in [-0.1, -0.05) is 17.7 Å². The molecule has 0 aliphatic carbocycles. The zero-order valence-corrected chi connectivity index (χ0v) is 13.9. The number of carbonyl (C=O) groups excluding carboxylic acids is 1. The minimum absolute atomic E-state index is 0.0951. The summed E-state index contributed by atoms with van der Waals surface area (Å²) in [5.41, 5.74) is 2.62. The number of carbonyl (C=O) groups is 1. The Morgan fingerprint density at radius 3 is 2.67 bits per heavy atom. The predicted octanol–water partition coefficient (Wildman–Crippen LogP) is 2.56. The van der Waals surface area contributed by atoms with Crippen LogP contribution in [-0.4, -0.2) is 54.2 Å². The van der Waals surface area contributed by atoms with Crippen molar-refractivity contribution in [2.75, 3.05) is 27.2 Å². The summed E-state index contributed by atoms with van der Waals surface area (Å²) in [6.07, 6.45) is 3.09. The maximum Gasteiger partial charge on any atom is 0.236 e. The van der Waals surface area contributed by atoms with E-state index in [0.717, 1.165) is 32.4 Å². The van der Waals surface area contributed by atoms with Crippen LogP contribution in [0.2, 0.25) is 0 Å². The molecule has 114 valence electrons. The Bertz CT molecular complexity index is 536. The summed E-state index contributed by atoms with van der Waals surface area (Å²) in [6.45, 7) is 3.93. The molecule has 0 aromatic heterocycles. The quantitative estimate of drug-likeness (QED) is 0.839. The topological polar surface area (TPSA) is 23.6 Å². The smallest absolute Gasteiger partial charge is 0.236 e. The van der Waals surface area contributed by atoms with Gasteiger partial charge in [0.15, 0.2) is 0 Å². The molecule has 1 saturated heterocycles. The largest absolute Gasteiger partial charge is 0.342 e. The minimum Gasteiger partial charge on any atom is -0.342 e. The van der Waals surface area contributed by atoms with E-state index < -0.39 is 0 Å². The molecule has 0 spiro atoms. The van der Waals surface area contributed by atoms with Gasteiger partial charge in [-0.15, -0.1) is 11.8 Å². The molecular formula is C17H24N2OS. The SMILES string of the molecule is Cc1ccc2c(c1)SC(C(=O)N1CCC(N(C)C)CC1)C2. The Kier molecular flexibility index (Phi) is 4.27. The zero-order chi connectivity index (χ0) is 15.0. The summed E-state index contributed by atoms with van der Waals surface area (Å²) in [5.74, 6) is 0.339. The van der Waals surface area contributed by atoms with Crippen LogP contribution in [0, 0.1) is 6.92 Å². The van der Waals surface area contributed by atoms with Gasteiger partial charge in [0.25, 0.3) is 0 Å². The van der Waals surface area contributed by atoms with Crippen molar-refractivity contribution >= 4 is 17.7 Å². The van der Waals surface area contributed by atoms with Gasteiger partial charge in [0.2, 0.25) is 5.91 Å². The Labute approximate surface area is 131 Å². The maximum absolute atomic E-state index is 12.7. The summed E-state index contributed by atoms with van der Waals surface area (Å²) in [7, 11) is 4.27. The van der Waals surface area contributed by atoms with Crippen molar-refractivity contribution in [3.63, 3.8) is 0 Å². The highest BCUT2D eigenvalue weighted by atomic mass is 32.2. The molecule has 0 N–H and O–H groups in total. The van der Waals surface area contributed by atoms with Gasteiger partial charge >= 0.3 is 0 Å². The molecule has 2 aliphatic heterocycles. The van der Waals surface area contributed by atoms with Crippen LogP contribution in [-0.2, 0) is 11.2 Å². The molecular weight excluding hydrogens is 280 g/mol. The van der Waals surface area contributed by atoms with E-state index in [1.165, 1.54) is 16.0 Å². The van der Waals surface area contributed by atoms with Crippen LogP contribution in [0.25, 0.3) is 0 Å². The normalized spacial score (nSPS) is 22.7. The second-order valence-electron chi connectivity index (χ2n) is 6.44. The number of hydrogen-bond donors (Lipinski definition) is 0. The molecule has 2 aliphatic rings. The van der Waals surface area contributed by atoms with E-state index in [-0.39, 0.29) is 5.25 Å². The number of rotatable bonds is 2.